The Morgan fingerprint density at radius 3 is 2.57 bits per heavy atom. The zero-order valence-electron chi connectivity index (χ0n) is 20.9. The lowest BCUT2D eigenvalue weighted by atomic mass is 9.75. The van der Waals surface area contributed by atoms with Crippen molar-refractivity contribution < 1.29 is 14.3 Å². The predicted molar refractivity (Wildman–Crippen MR) is 142 cm³/mol. The average molecular weight is 520 g/mol. The van der Waals surface area contributed by atoms with Crippen LogP contribution in [0.4, 0.5) is 4.79 Å². The van der Waals surface area contributed by atoms with Crippen LogP contribution in [0.2, 0.25) is 10.0 Å². The first-order valence-electron chi connectivity index (χ1n) is 12.6. The van der Waals surface area contributed by atoms with E-state index in [1.807, 2.05) is 39.0 Å². The number of amides is 1. The maximum absolute atomic E-state index is 11.9. The minimum Gasteiger partial charge on any atom is -0.492 e. The fourth-order valence-electron chi connectivity index (χ4n) is 5.26. The minimum atomic E-state index is -0.515. The molecule has 35 heavy (non-hydrogen) atoms. The molecule has 1 N–H and O–H groups in total. The van der Waals surface area contributed by atoms with Gasteiger partial charge in [-0.3, -0.25) is 4.90 Å². The summed E-state index contributed by atoms with van der Waals surface area (Å²) in [5.41, 5.74) is 3.44. The molecule has 0 spiro atoms. The van der Waals surface area contributed by atoms with Crippen LogP contribution in [0.5, 0.6) is 5.75 Å². The summed E-state index contributed by atoms with van der Waals surface area (Å²) in [5, 5.41) is 3.94. The molecule has 0 radical (unpaired) electrons. The molecule has 1 aliphatic heterocycles. The van der Waals surface area contributed by atoms with E-state index < -0.39 is 11.7 Å². The number of likely N-dealkylation sites (tertiary alicyclic amines) is 1. The van der Waals surface area contributed by atoms with Crippen LogP contribution in [0.25, 0.3) is 0 Å². The average Bonchev–Trinajstić information content (AvgIpc) is 3.33. The van der Waals surface area contributed by atoms with Crippen molar-refractivity contribution in [2.75, 3.05) is 26.2 Å². The maximum atomic E-state index is 11.9. The number of nitrogens with one attached hydrogen (secondary N) is 1. The lowest BCUT2D eigenvalue weighted by Gasteiger charge is -2.39. The number of hydrogen-bond donors (Lipinski definition) is 1. The summed E-state index contributed by atoms with van der Waals surface area (Å²) in [6.45, 7) is 8.65. The van der Waals surface area contributed by atoms with Crippen LogP contribution in [0.1, 0.15) is 62.6 Å². The van der Waals surface area contributed by atoms with Gasteiger partial charge in [-0.25, -0.2) is 4.79 Å². The fourth-order valence-corrected chi connectivity index (χ4v) is 5.58. The first-order chi connectivity index (χ1) is 16.7. The number of nitrogens with zero attached hydrogens (tertiary/aromatic N) is 1. The minimum absolute atomic E-state index is 0.359. The van der Waals surface area contributed by atoms with Crippen molar-refractivity contribution in [2.45, 2.75) is 70.4 Å². The Hall–Kier alpha value is -1.95. The van der Waals surface area contributed by atoms with Crippen molar-refractivity contribution in [3.05, 3.63) is 63.1 Å². The first kappa shape index (κ1) is 26.1. The van der Waals surface area contributed by atoms with Gasteiger partial charge in [-0.2, -0.15) is 0 Å². The Morgan fingerprint density at radius 1 is 1.09 bits per heavy atom. The number of carbonyl (C=O) groups is 1. The molecule has 0 aromatic heterocycles. The first-order valence-corrected chi connectivity index (χ1v) is 13.4. The molecule has 7 heteroatoms. The van der Waals surface area contributed by atoms with Gasteiger partial charge in [-0.15, -0.1) is 0 Å². The van der Waals surface area contributed by atoms with Crippen molar-refractivity contribution in [3.8, 4) is 5.75 Å². The highest BCUT2D eigenvalue weighted by Gasteiger charge is 2.35. The molecule has 2 aliphatic rings. The van der Waals surface area contributed by atoms with Gasteiger partial charge in [0.25, 0.3) is 0 Å². The molecule has 2 aromatic carbocycles. The molecule has 4 rings (SSSR count). The molecular formula is C28H36Cl2N2O3. The Kier molecular flexibility index (Phi) is 8.51. The van der Waals surface area contributed by atoms with E-state index in [9.17, 15) is 4.79 Å². The number of ether oxygens (including phenoxy) is 2. The SMILES string of the molecule is CC(C)(C)OC(=O)NCCOc1ccc2c(c1)C(Cc1ccc(Cl)c(Cl)c1)C(N1CCCC1)CC2. The summed E-state index contributed by atoms with van der Waals surface area (Å²) in [6.07, 6.45) is 5.28. The van der Waals surface area contributed by atoms with E-state index >= 15 is 0 Å². The summed E-state index contributed by atoms with van der Waals surface area (Å²) in [4.78, 5) is 14.5. The lowest BCUT2D eigenvalue weighted by molar-refractivity contribution is 0.0520. The smallest absolute Gasteiger partial charge is 0.407 e. The van der Waals surface area contributed by atoms with Crippen LogP contribution in [-0.4, -0.2) is 48.9 Å². The normalized spacial score (nSPS) is 20.4. The van der Waals surface area contributed by atoms with Gasteiger partial charge in [0.15, 0.2) is 0 Å². The topological polar surface area (TPSA) is 50.8 Å². The third-order valence-electron chi connectivity index (χ3n) is 6.78. The van der Waals surface area contributed by atoms with Crippen molar-refractivity contribution in [1.82, 2.24) is 10.2 Å². The van der Waals surface area contributed by atoms with E-state index in [4.69, 9.17) is 32.7 Å². The van der Waals surface area contributed by atoms with E-state index in [0.717, 1.165) is 18.6 Å². The second-order valence-corrected chi connectivity index (χ2v) is 11.4. The molecule has 2 unspecified atom stereocenters. The van der Waals surface area contributed by atoms with Gasteiger partial charge in [0.1, 0.15) is 18.0 Å². The van der Waals surface area contributed by atoms with Gasteiger partial charge >= 0.3 is 6.09 Å². The Labute approximate surface area is 219 Å². The summed E-state index contributed by atoms with van der Waals surface area (Å²) >= 11 is 12.5. The zero-order valence-corrected chi connectivity index (χ0v) is 22.4. The Balaban J connectivity index is 1.48. The molecule has 1 amide bonds. The number of aryl methyl sites for hydroxylation is 1. The van der Waals surface area contributed by atoms with Gasteiger partial charge in [0.05, 0.1) is 16.6 Å². The van der Waals surface area contributed by atoms with Crippen molar-refractivity contribution in [3.63, 3.8) is 0 Å². The maximum Gasteiger partial charge on any atom is 0.407 e. The summed E-state index contributed by atoms with van der Waals surface area (Å²) < 4.78 is 11.3. The van der Waals surface area contributed by atoms with Crippen molar-refractivity contribution >= 4 is 29.3 Å². The number of hydrogen-bond acceptors (Lipinski definition) is 4. The number of carbonyl (C=O) groups excluding carboxylic acids is 1. The van der Waals surface area contributed by atoms with E-state index in [0.29, 0.717) is 35.2 Å². The van der Waals surface area contributed by atoms with Crippen LogP contribution < -0.4 is 10.1 Å². The number of halogens is 2. The third-order valence-corrected chi connectivity index (χ3v) is 7.52. The van der Waals surface area contributed by atoms with Gasteiger partial charge in [-0.1, -0.05) is 35.3 Å². The number of rotatable bonds is 7. The molecular weight excluding hydrogens is 483 g/mol. The third kappa shape index (κ3) is 7.05. The van der Waals surface area contributed by atoms with E-state index in [1.165, 1.54) is 49.0 Å². The van der Waals surface area contributed by atoms with Crippen molar-refractivity contribution in [1.29, 1.82) is 0 Å². The molecule has 2 atom stereocenters. The van der Waals surface area contributed by atoms with Crippen LogP contribution in [0, 0.1) is 0 Å². The predicted octanol–water partition coefficient (Wildman–Crippen LogP) is 6.63. The largest absolute Gasteiger partial charge is 0.492 e. The van der Waals surface area contributed by atoms with E-state index in [-0.39, 0.29) is 0 Å². The molecule has 5 nitrogen and oxygen atoms in total. The van der Waals surface area contributed by atoms with Crippen LogP contribution >= 0.6 is 23.2 Å². The molecule has 1 fully saturated rings. The number of fused-ring (bicyclic) bond motifs is 1. The van der Waals surface area contributed by atoms with Crippen LogP contribution in [0.15, 0.2) is 36.4 Å². The highest BCUT2D eigenvalue weighted by molar-refractivity contribution is 6.42. The molecule has 0 saturated carbocycles. The number of benzene rings is 2. The molecule has 1 heterocycles. The van der Waals surface area contributed by atoms with Crippen molar-refractivity contribution in [2.24, 2.45) is 0 Å². The van der Waals surface area contributed by atoms with Crippen LogP contribution in [0.3, 0.4) is 0 Å². The van der Waals surface area contributed by atoms with Gasteiger partial charge in [-0.05, 0) is 107 Å². The van der Waals surface area contributed by atoms with Gasteiger partial charge in [0.2, 0.25) is 0 Å². The molecule has 190 valence electrons. The monoisotopic (exact) mass is 518 g/mol. The Bertz CT molecular complexity index is 1030. The van der Waals surface area contributed by atoms with E-state index in [2.05, 4.69) is 28.4 Å². The second kappa shape index (κ2) is 11.4. The standard InChI is InChI=1S/C28H36Cl2N2O3/c1-28(2,3)35-27(33)31-12-15-34-21-9-7-20-8-11-26(32-13-4-5-14-32)23(22(20)18-21)16-19-6-10-24(29)25(30)17-19/h6-7,9-10,17-18,23,26H,4-5,8,11-16H2,1-3H3,(H,31,33). The lowest BCUT2D eigenvalue weighted by Crippen LogP contribution is -2.41. The zero-order chi connectivity index (χ0) is 25.0. The highest BCUT2D eigenvalue weighted by Crippen LogP contribution is 2.40. The van der Waals surface area contributed by atoms with Gasteiger partial charge < -0.3 is 14.8 Å². The molecule has 2 aromatic rings. The molecule has 1 saturated heterocycles. The summed E-state index contributed by atoms with van der Waals surface area (Å²) in [7, 11) is 0. The van der Waals surface area contributed by atoms with Crippen LogP contribution in [-0.2, 0) is 17.6 Å². The number of alkyl carbamates (subject to hydrolysis) is 1. The Morgan fingerprint density at radius 2 is 1.86 bits per heavy atom. The van der Waals surface area contributed by atoms with Gasteiger partial charge in [0, 0.05) is 12.0 Å². The summed E-state index contributed by atoms with van der Waals surface area (Å²) in [6, 6.07) is 12.9. The van der Waals surface area contributed by atoms with E-state index in [1.54, 1.807) is 0 Å². The quantitative estimate of drug-likeness (QED) is 0.417. The molecule has 1 aliphatic carbocycles. The fraction of sp³-hybridized carbons (Fsp3) is 0.536. The summed E-state index contributed by atoms with van der Waals surface area (Å²) in [5.74, 6) is 1.19. The second-order valence-electron chi connectivity index (χ2n) is 10.5. The highest BCUT2D eigenvalue weighted by atomic mass is 35.5. The molecule has 0 bridgehead atoms.